The van der Waals surface area contributed by atoms with Gasteiger partial charge in [0.05, 0.1) is 6.61 Å². The molecule has 1 saturated carbocycles. The number of hydrogen-bond acceptors (Lipinski definition) is 4. The predicted molar refractivity (Wildman–Crippen MR) is 75.8 cm³/mol. The quantitative estimate of drug-likeness (QED) is 0.722. The van der Waals surface area contributed by atoms with E-state index in [1.54, 1.807) is 20.8 Å². The summed E-state index contributed by atoms with van der Waals surface area (Å²) in [7, 11) is 0. The van der Waals surface area contributed by atoms with Gasteiger partial charge in [0.25, 0.3) is 0 Å². The third-order valence-electron chi connectivity index (χ3n) is 3.70. The standard InChI is InChI=1S/C14H24N2O5/c1-4-21-11(17)9-16(10(2)3)13(20)15-14(12(18)19)7-5-6-8-14/h10H,4-9H2,1-3H3,(H,15,20)(H,18,19). The fourth-order valence-electron chi connectivity index (χ4n) is 2.48. The SMILES string of the molecule is CCOC(=O)CN(C(=O)NC1(C(=O)O)CCCC1)C(C)C. The van der Waals surface area contributed by atoms with Crippen molar-refractivity contribution in [3.8, 4) is 0 Å². The van der Waals surface area contributed by atoms with E-state index in [2.05, 4.69) is 5.32 Å². The van der Waals surface area contributed by atoms with Crippen molar-refractivity contribution in [1.29, 1.82) is 0 Å². The second-order valence-corrected chi connectivity index (χ2v) is 5.55. The predicted octanol–water partition coefficient (Wildman–Crippen LogP) is 1.37. The average molecular weight is 300 g/mol. The molecule has 1 fully saturated rings. The van der Waals surface area contributed by atoms with Crippen molar-refractivity contribution in [3.05, 3.63) is 0 Å². The fourth-order valence-corrected chi connectivity index (χ4v) is 2.48. The van der Waals surface area contributed by atoms with Crippen LogP contribution in [0, 0.1) is 0 Å². The lowest BCUT2D eigenvalue weighted by molar-refractivity contribution is -0.144. The van der Waals surface area contributed by atoms with Gasteiger partial charge in [0.2, 0.25) is 0 Å². The highest BCUT2D eigenvalue weighted by molar-refractivity contribution is 5.88. The molecule has 1 aliphatic carbocycles. The molecule has 0 aromatic rings. The van der Waals surface area contributed by atoms with Gasteiger partial charge in [-0.2, -0.15) is 0 Å². The number of esters is 1. The second-order valence-electron chi connectivity index (χ2n) is 5.55. The Balaban J connectivity index is 2.76. The zero-order chi connectivity index (χ0) is 16.0. The molecule has 7 heteroatoms. The van der Waals surface area contributed by atoms with Crippen LogP contribution in [0.4, 0.5) is 4.79 Å². The number of aliphatic carboxylic acids is 1. The topological polar surface area (TPSA) is 95.9 Å². The molecule has 0 heterocycles. The van der Waals surface area contributed by atoms with E-state index in [1.165, 1.54) is 4.90 Å². The van der Waals surface area contributed by atoms with Crippen LogP contribution in [0.15, 0.2) is 0 Å². The van der Waals surface area contributed by atoms with E-state index in [1.807, 2.05) is 0 Å². The molecule has 0 saturated heterocycles. The van der Waals surface area contributed by atoms with Crippen LogP contribution in [0.25, 0.3) is 0 Å². The maximum absolute atomic E-state index is 12.3. The number of ether oxygens (including phenoxy) is 1. The molecular weight excluding hydrogens is 276 g/mol. The maximum Gasteiger partial charge on any atom is 0.329 e. The molecule has 0 atom stereocenters. The molecule has 2 N–H and O–H groups in total. The normalized spacial score (nSPS) is 16.6. The lowest BCUT2D eigenvalue weighted by atomic mass is 9.98. The Bertz CT molecular complexity index is 402. The summed E-state index contributed by atoms with van der Waals surface area (Å²) >= 11 is 0. The summed E-state index contributed by atoms with van der Waals surface area (Å²) < 4.78 is 4.84. The van der Waals surface area contributed by atoms with Gasteiger partial charge in [-0.25, -0.2) is 9.59 Å². The Morgan fingerprint density at radius 3 is 2.29 bits per heavy atom. The molecule has 2 amide bonds. The number of nitrogens with zero attached hydrogens (tertiary/aromatic N) is 1. The Morgan fingerprint density at radius 1 is 1.29 bits per heavy atom. The Labute approximate surface area is 124 Å². The van der Waals surface area contributed by atoms with Crippen LogP contribution in [-0.2, 0) is 14.3 Å². The first-order chi connectivity index (χ1) is 9.82. The monoisotopic (exact) mass is 300 g/mol. The number of rotatable bonds is 6. The third kappa shape index (κ3) is 4.34. The number of hydrogen-bond donors (Lipinski definition) is 2. The Kier molecular flexibility index (Phi) is 5.99. The molecule has 7 nitrogen and oxygen atoms in total. The summed E-state index contributed by atoms with van der Waals surface area (Å²) in [5.41, 5.74) is -1.21. The van der Waals surface area contributed by atoms with Crippen LogP contribution in [0.3, 0.4) is 0 Å². The first kappa shape index (κ1) is 17.3. The van der Waals surface area contributed by atoms with Gasteiger partial charge in [-0.15, -0.1) is 0 Å². The zero-order valence-corrected chi connectivity index (χ0v) is 12.8. The van der Waals surface area contributed by atoms with E-state index in [0.717, 1.165) is 12.8 Å². The minimum Gasteiger partial charge on any atom is -0.480 e. The van der Waals surface area contributed by atoms with Gasteiger partial charge in [0, 0.05) is 6.04 Å². The lowest BCUT2D eigenvalue weighted by Gasteiger charge is -2.32. The zero-order valence-electron chi connectivity index (χ0n) is 12.8. The van der Waals surface area contributed by atoms with Crippen LogP contribution in [0.1, 0.15) is 46.5 Å². The van der Waals surface area contributed by atoms with E-state index in [9.17, 15) is 19.5 Å². The van der Waals surface area contributed by atoms with Gasteiger partial charge in [0.15, 0.2) is 0 Å². The molecule has 0 bridgehead atoms. The van der Waals surface area contributed by atoms with Crippen molar-refractivity contribution in [1.82, 2.24) is 10.2 Å². The smallest absolute Gasteiger partial charge is 0.329 e. The maximum atomic E-state index is 12.3. The van der Waals surface area contributed by atoms with Gasteiger partial charge in [-0.05, 0) is 33.6 Å². The molecule has 1 aliphatic rings. The average Bonchev–Trinajstić information content (AvgIpc) is 2.85. The molecule has 1 rings (SSSR count). The van der Waals surface area contributed by atoms with Crippen molar-refractivity contribution in [3.63, 3.8) is 0 Å². The van der Waals surface area contributed by atoms with Gasteiger partial charge in [-0.3, -0.25) is 4.79 Å². The summed E-state index contributed by atoms with van der Waals surface area (Å²) in [6.07, 6.45) is 2.37. The fraction of sp³-hybridized carbons (Fsp3) is 0.786. The van der Waals surface area contributed by atoms with Crippen molar-refractivity contribution in [2.24, 2.45) is 0 Å². The molecule has 0 spiro atoms. The number of carboxylic acids is 1. The summed E-state index contributed by atoms with van der Waals surface area (Å²) in [5.74, 6) is -1.52. The Hall–Kier alpha value is -1.79. The molecule has 120 valence electrons. The lowest BCUT2D eigenvalue weighted by Crippen LogP contribution is -2.58. The van der Waals surface area contributed by atoms with E-state index in [4.69, 9.17) is 4.74 Å². The molecule has 21 heavy (non-hydrogen) atoms. The molecular formula is C14H24N2O5. The highest BCUT2D eigenvalue weighted by atomic mass is 16.5. The first-order valence-electron chi connectivity index (χ1n) is 7.30. The van der Waals surface area contributed by atoms with Gasteiger partial charge in [0.1, 0.15) is 12.1 Å². The molecule has 0 radical (unpaired) electrons. The summed E-state index contributed by atoms with van der Waals surface area (Å²) in [6, 6.07) is -0.774. The molecule has 0 aromatic heterocycles. The van der Waals surface area contributed by atoms with Crippen molar-refractivity contribution in [2.75, 3.05) is 13.2 Å². The summed E-state index contributed by atoms with van der Waals surface area (Å²) in [4.78, 5) is 36.6. The number of carbonyl (C=O) groups is 3. The van der Waals surface area contributed by atoms with Crippen molar-refractivity contribution in [2.45, 2.75) is 58.0 Å². The number of carboxylic acid groups (broad SMARTS) is 1. The largest absolute Gasteiger partial charge is 0.480 e. The minimum absolute atomic E-state index is 0.187. The van der Waals surface area contributed by atoms with E-state index in [-0.39, 0.29) is 19.2 Å². The Morgan fingerprint density at radius 2 is 1.86 bits per heavy atom. The summed E-state index contributed by atoms with van der Waals surface area (Å²) in [6.45, 7) is 5.27. The van der Waals surface area contributed by atoms with E-state index < -0.39 is 23.5 Å². The van der Waals surface area contributed by atoms with Crippen LogP contribution in [-0.4, -0.2) is 52.7 Å². The number of carbonyl (C=O) groups excluding carboxylic acids is 2. The molecule has 0 aliphatic heterocycles. The van der Waals surface area contributed by atoms with Crippen molar-refractivity contribution >= 4 is 18.0 Å². The summed E-state index contributed by atoms with van der Waals surface area (Å²) in [5, 5.41) is 12.0. The van der Waals surface area contributed by atoms with Gasteiger partial charge < -0.3 is 20.1 Å². The van der Waals surface area contributed by atoms with Crippen LogP contribution < -0.4 is 5.32 Å². The van der Waals surface area contributed by atoms with Crippen molar-refractivity contribution < 1.29 is 24.2 Å². The second kappa shape index (κ2) is 7.28. The number of urea groups is 1. The van der Waals surface area contributed by atoms with Crippen LogP contribution >= 0.6 is 0 Å². The molecule has 0 aromatic carbocycles. The number of amides is 2. The molecule has 0 unspecified atom stereocenters. The minimum atomic E-state index is -1.21. The first-order valence-corrected chi connectivity index (χ1v) is 7.30. The third-order valence-corrected chi connectivity index (χ3v) is 3.70. The van der Waals surface area contributed by atoms with Crippen LogP contribution in [0.5, 0.6) is 0 Å². The highest BCUT2D eigenvalue weighted by Gasteiger charge is 2.43. The van der Waals surface area contributed by atoms with Gasteiger partial charge >= 0.3 is 18.0 Å². The van der Waals surface area contributed by atoms with Gasteiger partial charge in [-0.1, -0.05) is 12.8 Å². The number of nitrogens with one attached hydrogen (secondary N) is 1. The van der Waals surface area contributed by atoms with E-state index in [0.29, 0.717) is 12.8 Å². The highest BCUT2D eigenvalue weighted by Crippen LogP contribution is 2.30. The van der Waals surface area contributed by atoms with Crippen LogP contribution in [0.2, 0.25) is 0 Å². The van der Waals surface area contributed by atoms with E-state index >= 15 is 0 Å².